The Morgan fingerprint density at radius 3 is 2.39 bits per heavy atom. The highest BCUT2D eigenvalue weighted by molar-refractivity contribution is 6.01. The van der Waals surface area contributed by atoms with Crippen LogP contribution in [-0.2, 0) is 6.18 Å². The Labute approximate surface area is 202 Å². The first-order chi connectivity index (χ1) is 17.2. The first-order valence-corrected chi connectivity index (χ1v) is 10.5. The maximum Gasteiger partial charge on any atom is 0.416 e. The van der Waals surface area contributed by atoms with Crippen LogP contribution in [0, 0.1) is 0 Å². The van der Waals surface area contributed by atoms with E-state index in [4.69, 9.17) is 4.74 Å². The summed E-state index contributed by atoms with van der Waals surface area (Å²) in [5.41, 5.74) is -0.0242. The molecule has 0 fully saturated rings. The van der Waals surface area contributed by atoms with Gasteiger partial charge >= 0.3 is 12.2 Å². The summed E-state index contributed by atoms with van der Waals surface area (Å²) in [5, 5.41) is 14.9. The van der Waals surface area contributed by atoms with E-state index in [1.165, 1.54) is 30.2 Å². The Balaban J connectivity index is 1.46. The lowest BCUT2D eigenvalue weighted by Gasteiger charge is -2.15. The summed E-state index contributed by atoms with van der Waals surface area (Å²) in [6.45, 7) is 0. The molecule has 0 bridgehead atoms. The summed E-state index contributed by atoms with van der Waals surface area (Å²) in [6, 6.07) is 15.0. The Kier molecular flexibility index (Phi) is 6.86. The summed E-state index contributed by atoms with van der Waals surface area (Å²) in [5.74, 6) is 0.639. The number of hydrogen-bond donors (Lipinski definition) is 3. The number of alkyl halides is 3. The Bertz CT molecular complexity index is 1370. The number of hydrogen-bond acceptors (Lipinski definition) is 5. The highest BCUT2D eigenvalue weighted by atomic mass is 19.4. The second kappa shape index (κ2) is 10.2. The van der Waals surface area contributed by atoms with Gasteiger partial charge in [-0.15, -0.1) is 5.10 Å². The van der Waals surface area contributed by atoms with E-state index in [1.54, 1.807) is 48.5 Å². The minimum atomic E-state index is -4.59. The largest absolute Gasteiger partial charge is 0.457 e. The maximum absolute atomic E-state index is 13.2. The molecule has 1 aromatic heterocycles. The first kappa shape index (κ1) is 24.3. The van der Waals surface area contributed by atoms with Crippen molar-refractivity contribution < 1.29 is 27.5 Å². The van der Waals surface area contributed by atoms with Crippen molar-refractivity contribution in [1.82, 2.24) is 20.3 Å². The zero-order chi connectivity index (χ0) is 25.7. The molecule has 4 aromatic rings. The molecule has 0 unspecified atom stereocenters. The van der Waals surface area contributed by atoms with E-state index >= 15 is 0 Å². The van der Waals surface area contributed by atoms with Crippen molar-refractivity contribution >= 4 is 23.3 Å². The molecule has 3 aromatic carbocycles. The SMILES string of the molecule is CNC(=O)c1cccc(Oc2ccc(NC(=O)Nc3cc(C(F)(F)F)ccc3-n3ccnn3)cc2)c1. The summed E-state index contributed by atoms with van der Waals surface area (Å²) in [7, 11) is 1.53. The van der Waals surface area contributed by atoms with Crippen LogP contribution in [0.1, 0.15) is 15.9 Å². The lowest BCUT2D eigenvalue weighted by atomic mass is 10.1. The predicted molar refractivity (Wildman–Crippen MR) is 125 cm³/mol. The van der Waals surface area contributed by atoms with Crippen LogP contribution in [0.5, 0.6) is 11.5 Å². The van der Waals surface area contributed by atoms with Crippen molar-refractivity contribution in [3.8, 4) is 17.2 Å². The molecule has 0 aliphatic heterocycles. The molecule has 0 spiro atoms. The minimum absolute atomic E-state index is 0.108. The summed E-state index contributed by atoms with van der Waals surface area (Å²) >= 11 is 0. The van der Waals surface area contributed by atoms with E-state index in [1.807, 2.05) is 0 Å². The molecule has 9 nitrogen and oxygen atoms in total. The van der Waals surface area contributed by atoms with Gasteiger partial charge in [-0.3, -0.25) is 4.79 Å². The van der Waals surface area contributed by atoms with Crippen molar-refractivity contribution in [2.45, 2.75) is 6.18 Å². The van der Waals surface area contributed by atoms with E-state index in [0.717, 1.165) is 12.1 Å². The first-order valence-electron chi connectivity index (χ1n) is 10.5. The van der Waals surface area contributed by atoms with E-state index in [-0.39, 0.29) is 17.3 Å². The Morgan fingerprint density at radius 2 is 1.72 bits per heavy atom. The molecule has 184 valence electrons. The summed E-state index contributed by atoms with van der Waals surface area (Å²) < 4.78 is 46.6. The van der Waals surface area contributed by atoms with Crippen LogP contribution in [0.15, 0.2) is 79.1 Å². The van der Waals surface area contributed by atoms with Gasteiger partial charge < -0.3 is 20.7 Å². The normalized spacial score (nSPS) is 11.0. The fourth-order valence-corrected chi connectivity index (χ4v) is 3.22. The third-order valence-electron chi connectivity index (χ3n) is 4.91. The number of nitrogens with zero attached hydrogens (tertiary/aromatic N) is 3. The second-order valence-corrected chi connectivity index (χ2v) is 7.39. The average Bonchev–Trinajstić information content (AvgIpc) is 3.39. The minimum Gasteiger partial charge on any atom is -0.457 e. The van der Waals surface area contributed by atoms with Crippen LogP contribution in [0.2, 0.25) is 0 Å². The number of ether oxygens (including phenoxy) is 1. The van der Waals surface area contributed by atoms with Crippen molar-refractivity contribution in [3.63, 3.8) is 0 Å². The number of amides is 3. The van der Waals surface area contributed by atoms with Crippen LogP contribution in [-0.4, -0.2) is 34.0 Å². The molecular weight excluding hydrogens is 477 g/mol. The highest BCUT2D eigenvalue weighted by Crippen LogP contribution is 2.33. The van der Waals surface area contributed by atoms with E-state index < -0.39 is 17.8 Å². The third-order valence-corrected chi connectivity index (χ3v) is 4.91. The summed E-state index contributed by atoms with van der Waals surface area (Å²) in [4.78, 5) is 24.3. The molecular formula is C24H19F3N6O3. The highest BCUT2D eigenvalue weighted by Gasteiger charge is 2.31. The lowest BCUT2D eigenvalue weighted by molar-refractivity contribution is -0.137. The van der Waals surface area contributed by atoms with E-state index in [2.05, 4.69) is 26.3 Å². The van der Waals surface area contributed by atoms with Gasteiger partial charge in [0.05, 0.1) is 29.3 Å². The van der Waals surface area contributed by atoms with Crippen LogP contribution in [0.3, 0.4) is 0 Å². The Morgan fingerprint density at radius 1 is 0.944 bits per heavy atom. The molecule has 0 saturated heterocycles. The fourth-order valence-electron chi connectivity index (χ4n) is 3.22. The van der Waals surface area contributed by atoms with Gasteiger partial charge in [-0.05, 0) is 60.7 Å². The molecule has 0 saturated carbocycles. The third kappa shape index (κ3) is 5.78. The van der Waals surface area contributed by atoms with Gasteiger partial charge in [0.2, 0.25) is 0 Å². The van der Waals surface area contributed by atoms with Gasteiger partial charge in [-0.2, -0.15) is 13.2 Å². The number of urea groups is 1. The second-order valence-electron chi connectivity index (χ2n) is 7.39. The van der Waals surface area contributed by atoms with Crippen molar-refractivity contribution in [2.75, 3.05) is 17.7 Å². The predicted octanol–water partition coefficient (Wildman–Crippen LogP) is 5.08. The quantitative estimate of drug-likeness (QED) is 0.345. The van der Waals surface area contributed by atoms with Crippen molar-refractivity contribution in [3.05, 3.63) is 90.3 Å². The molecule has 36 heavy (non-hydrogen) atoms. The fraction of sp³-hybridized carbons (Fsp3) is 0.0833. The smallest absolute Gasteiger partial charge is 0.416 e. The van der Waals surface area contributed by atoms with Gasteiger partial charge in [-0.1, -0.05) is 11.3 Å². The van der Waals surface area contributed by atoms with Gasteiger partial charge in [0.25, 0.3) is 5.91 Å². The molecule has 3 amide bonds. The van der Waals surface area contributed by atoms with E-state index in [0.29, 0.717) is 22.7 Å². The van der Waals surface area contributed by atoms with E-state index in [9.17, 15) is 22.8 Å². The standard InChI is InChI=1S/C24H19F3N6O3/c1-28-22(34)15-3-2-4-19(13-15)36-18-8-6-17(7-9-18)30-23(35)31-20-14-16(24(25,26)27)5-10-21(20)33-12-11-29-32-33/h2-14H,1H3,(H,28,34)(H2,30,31,35). The number of halogens is 3. The van der Waals surface area contributed by atoms with Gasteiger partial charge in [0.15, 0.2) is 0 Å². The van der Waals surface area contributed by atoms with Gasteiger partial charge in [0.1, 0.15) is 11.5 Å². The molecule has 0 radical (unpaired) electrons. The Hall–Kier alpha value is -4.87. The lowest BCUT2D eigenvalue weighted by Crippen LogP contribution is -2.21. The number of benzene rings is 3. The molecule has 1 heterocycles. The van der Waals surface area contributed by atoms with Crippen LogP contribution in [0.4, 0.5) is 29.3 Å². The number of rotatable bonds is 6. The molecule has 0 aliphatic rings. The zero-order valence-electron chi connectivity index (χ0n) is 18.7. The monoisotopic (exact) mass is 496 g/mol. The number of carbonyl (C=O) groups excluding carboxylic acids is 2. The zero-order valence-corrected chi connectivity index (χ0v) is 18.7. The molecule has 12 heteroatoms. The number of carbonyl (C=O) groups is 2. The number of aromatic nitrogens is 3. The molecule has 0 aliphatic carbocycles. The van der Waals surface area contributed by atoms with Crippen LogP contribution >= 0.6 is 0 Å². The van der Waals surface area contributed by atoms with Crippen LogP contribution in [0.25, 0.3) is 5.69 Å². The average molecular weight is 496 g/mol. The topological polar surface area (TPSA) is 110 Å². The molecule has 0 atom stereocenters. The number of nitrogens with one attached hydrogen (secondary N) is 3. The summed E-state index contributed by atoms with van der Waals surface area (Å²) in [6.07, 6.45) is -1.79. The maximum atomic E-state index is 13.2. The van der Waals surface area contributed by atoms with Gasteiger partial charge in [-0.25, -0.2) is 9.48 Å². The molecule has 4 rings (SSSR count). The molecule has 3 N–H and O–H groups in total. The van der Waals surface area contributed by atoms with Crippen molar-refractivity contribution in [2.24, 2.45) is 0 Å². The van der Waals surface area contributed by atoms with Gasteiger partial charge in [0, 0.05) is 18.3 Å². The van der Waals surface area contributed by atoms with Crippen molar-refractivity contribution in [1.29, 1.82) is 0 Å². The van der Waals surface area contributed by atoms with Crippen LogP contribution < -0.4 is 20.7 Å². The number of anilines is 2.